The van der Waals surface area contributed by atoms with E-state index in [0.717, 1.165) is 18.4 Å². The Bertz CT molecular complexity index is 721. The second kappa shape index (κ2) is 11.6. The van der Waals surface area contributed by atoms with Gasteiger partial charge in [0.1, 0.15) is 0 Å². The quantitative estimate of drug-likeness (QED) is 0.343. The maximum atomic E-state index is 6.28. The zero-order chi connectivity index (χ0) is 19.4. The molecule has 0 N–H and O–H groups in total. The van der Waals surface area contributed by atoms with Gasteiger partial charge in [0.05, 0.1) is 12.2 Å². The van der Waals surface area contributed by atoms with Gasteiger partial charge in [0.25, 0.3) is 0 Å². The highest BCUT2D eigenvalue weighted by Gasteiger charge is 2.29. The van der Waals surface area contributed by atoms with Crippen LogP contribution >= 0.6 is 0 Å². The van der Waals surface area contributed by atoms with Gasteiger partial charge in [-0.3, -0.25) is 0 Å². The van der Waals surface area contributed by atoms with Gasteiger partial charge in [-0.1, -0.05) is 118 Å². The Morgan fingerprint density at radius 2 is 1.61 bits per heavy atom. The van der Waals surface area contributed by atoms with E-state index in [9.17, 15) is 0 Å². The Balaban J connectivity index is 1.61. The van der Waals surface area contributed by atoms with Gasteiger partial charge < -0.3 is 9.47 Å². The van der Waals surface area contributed by atoms with E-state index in [4.69, 9.17) is 9.47 Å². The second-order valence-electron chi connectivity index (χ2n) is 7.41. The van der Waals surface area contributed by atoms with E-state index in [-0.39, 0.29) is 18.5 Å². The van der Waals surface area contributed by atoms with Crippen molar-refractivity contribution in [2.24, 2.45) is 0 Å². The molecule has 1 aliphatic rings. The molecule has 3 rings (SSSR count). The van der Waals surface area contributed by atoms with Crippen LogP contribution in [0.5, 0.6) is 0 Å². The molecule has 1 aliphatic heterocycles. The lowest BCUT2D eigenvalue weighted by Gasteiger charge is -2.35. The summed E-state index contributed by atoms with van der Waals surface area (Å²) in [4.78, 5) is 0. The highest BCUT2D eigenvalue weighted by Crippen LogP contribution is 2.32. The van der Waals surface area contributed by atoms with E-state index in [1.165, 1.54) is 31.2 Å². The number of allylic oxidation sites excluding steroid dienone is 2. The molecule has 2 nitrogen and oxygen atoms in total. The summed E-state index contributed by atoms with van der Waals surface area (Å²) < 4.78 is 12.5. The minimum atomic E-state index is -0.279. The molecule has 0 aromatic heterocycles. The lowest BCUT2D eigenvalue weighted by atomic mass is 10.0. The van der Waals surface area contributed by atoms with E-state index in [0.29, 0.717) is 0 Å². The molecule has 0 amide bonds. The molecule has 2 aromatic carbocycles. The minimum Gasteiger partial charge on any atom is -0.345 e. The van der Waals surface area contributed by atoms with Crippen LogP contribution in [0.25, 0.3) is 6.08 Å². The zero-order valence-corrected chi connectivity index (χ0v) is 16.9. The number of unbranched alkanes of at least 4 members (excludes halogenated alkanes) is 3. The maximum absolute atomic E-state index is 6.28. The van der Waals surface area contributed by atoms with Crippen LogP contribution in [0.2, 0.25) is 0 Å². The van der Waals surface area contributed by atoms with Crippen LogP contribution in [0.3, 0.4) is 0 Å². The van der Waals surface area contributed by atoms with Crippen molar-refractivity contribution in [3.05, 3.63) is 90.0 Å². The van der Waals surface area contributed by atoms with Gasteiger partial charge in [0.2, 0.25) is 0 Å². The molecule has 1 heterocycles. The largest absolute Gasteiger partial charge is 0.345 e. The number of ether oxygens (including phenoxy) is 2. The Labute approximate surface area is 169 Å². The van der Waals surface area contributed by atoms with Crippen molar-refractivity contribution in [2.45, 2.75) is 63.9 Å². The predicted octanol–water partition coefficient (Wildman–Crippen LogP) is 7.10. The van der Waals surface area contributed by atoms with Crippen molar-refractivity contribution in [1.29, 1.82) is 0 Å². The van der Waals surface area contributed by atoms with Crippen LogP contribution in [-0.4, -0.2) is 12.2 Å². The number of benzene rings is 2. The van der Waals surface area contributed by atoms with Crippen LogP contribution < -0.4 is 0 Å². The SMILES string of the molecule is CCCCCC[C@@H]1C[C@H](/C=C/C=C/c2ccccc2)O[C@H](c2ccccc2)O1. The van der Waals surface area contributed by atoms with Crippen LogP contribution in [0.1, 0.15) is 62.9 Å². The van der Waals surface area contributed by atoms with Gasteiger partial charge in [-0.25, -0.2) is 0 Å². The molecule has 0 radical (unpaired) electrons. The fraction of sp³-hybridized carbons (Fsp3) is 0.385. The third kappa shape index (κ3) is 6.78. The van der Waals surface area contributed by atoms with Crippen molar-refractivity contribution in [3.63, 3.8) is 0 Å². The van der Waals surface area contributed by atoms with Crippen LogP contribution in [-0.2, 0) is 9.47 Å². The summed E-state index contributed by atoms with van der Waals surface area (Å²) in [5.41, 5.74) is 2.30. The summed E-state index contributed by atoms with van der Waals surface area (Å²) in [5.74, 6) is 0. The van der Waals surface area contributed by atoms with Crippen molar-refractivity contribution < 1.29 is 9.47 Å². The molecule has 28 heavy (non-hydrogen) atoms. The Kier molecular flexibility index (Phi) is 8.54. The van der Waals surface area contributed by atoms with Crippen molar-refractivity contribution >= 4 is 6.08 Å². The molecule has 0 unspecified atom stereocenters. The fourth-order valence-corrected chi connectivity index (χ4v) is 3.53. The standard InChI is InChI=1S/C26H32O2/c1-2-3-4-11-19-24-21-25(20-13-12-16-22-14-7-5-8-15-22)28-26(27-24)23-17-9-6-10-18-23/h5-10,12-18,20,24-26H,2-4,11,19,21H2,1H3/b16-12+,20-13+/t24-,25+,26-/m1/s1. The van der Waals surface area contributed by atoms with E-state index < -0.39 is 0 Å². The molecule has 0 saturated carbocycles. The van der Waals surface area contributed by atoms with Gasteiger partial charge in [-0.2, -0.15) is 0 Å². The normalized spacial score (nSPS) is 22.8. The summed E-state index contributed by atoms with van der Waals surface area (Å²) in [7, 11) is 0. The molecule has 0 aliphatic carbocycles. The maximum Gasteiger partial charge on any atom is 0.184 e. The molecule has 0 spiro atoms. The lowest BCUT2D eigenvalue weighted by Crippen LogP contribution is -2.32. The highest BCUT2D eigenvalue weighted by atomic mass is 16.7. The predicted molar refractivity (Wildman–Crippen MR) is 117 cm³/mol. The topological polar surface area (TPSA) is 18.5 Å². The third-order valence-corrected chi connectivity index (χ3v) is 5.09. The van der Waals surface area contributed by atoms with Crippen molar-refractivity contribution in [1.82, 2.24) is 0 Å². The second-order valence-corrected chi connectivity index (χ2v) is 7.41. The zero-order valence-electron chi connectivity index (χ0n) is 16.9. The molecule has 1 saturated heterocycles. The molecular weight excluding hydrogens is 344 g/mol. The van der Waals surface area contributed by atoms with Gasteiger partial charge >= 0.3 is 0 Å². The Hall–Kier alpha value is -2.16. The van der Waals surface area contributed by atoms with Gasteiger partial charge in [0.15, 0.2) is 6.29 Å². The number of hydrogen-bond donors (Lipinski definition) is 0. The smallest absolute Gasteiger partial charge is 0.184 e. The summed E-state index contributed by atoms with van der Waals surface area (Å²) in [5, 5.41) is 0. The van der Waals surface area contributed by atoms with E-state index in [2.05, 4.69) is 67.6 Å². The molecular formula is C26H32O2. The van der Waals surface area contributed by atoms with Crippen LogP contribution in [0.15, 0.2) is 78.9 Å². The van der Waals surface area contributed by atoms with Crippen molar-refractivity contribution in [2.75, 3.05) is 0 Å². The first kappa shape index (κ1) is 20.6. The average molecular weight is 377 g/mol. The molecule has 0 bridgehead atoms. The van der Waals surface area contributed by atoms with Gasteiger partial charge in [0, 0.05) is 12.0 Å². The number of rotatable bonds is 9. The first-order valence-electron chi connectivity index (χ1n) is 10.6. The fourth-order valence-electron chi connectivity index (χ4n) is 3.53. The lowest BCUT2D eigenvalue weighted by molar-refractivity contribution is -0.238. The first-order chi connectivity index (χ1) is 13.8. The molecule has 2 aromatic rings. The Morgan fingerprint density at radius 3 is 2.36 bits per heavy atom. The molecule has 3 atom stereocenters. The summed E-state index contributed by atoms with van der Waals surface area (Å²) in [6.07, 6.45) is 15.6. The van der Waals surface area contributed by atoms with Crippen LogP contribution in [0, 0.1) is 0 Å². The molecule has 1 fully saturated rings. The summed E-state index contributed by atoms with van der Waals surface area (Å²) in [6.45, 7) is 2.25. The number of hydrogen-bond acceptors (Lipinski definition) is 2. The minimum absolute atomic E-state index is 0.0792. The van der Waals surface area contributed by atoms with Crippen molar-refractivity contribution in [3.8, 4) is 0 Å². The third-order valence-electron chi connectivity index (χ3n) is 5.09. The average Bonchev–Trinajstić information content (AvgIpc) is 2.76. The van der Waals surface area contributed by atoms with E-state index in [1.54, 1.807) is 0 Å². The first-order valence-corrected chi connectivity index (χ1v) is 10.6. The molecule has 148 valence electrons. The Morgan fingerprint density at radius 1 is 0.857 bits per heavy atom. The van der Waals surface area contributed by atoms with E-state index in [1.807, 2.05) is 24.3 Å². The van der Waals surface area contributed by atoms with Gasteiger partial charge in [-0.05, 0) is 12.0 Å². The van der Waals surface area contributed by atoms with Gasteiger partial charge in [-0.15, -0.1) is 0 Å². The van der Waals surface area contributed by atoms with E-state index >= 15 is 0 Å². The molecule has 2 heteroatoms. The monoisotopic (exact) mass is 376 g/mol. The van der Waals surface area contributed by atoms with Crippen LogP contribution in [0.4, 0.5) is 0 Å². The summed E-state index contributed by atoms with van der Waals surface area (Å²) in [6, 6.07) is 20.6. The highest BCUT2D eigenvalue weighted by molar-refractivity contribution is 5.50. The summed E-state index contributed by atoms with van der Waals surface area (Å²) >= 11 is 0.